The topological polar surface area (TPSA) is 170 Å². The molecule has 2 N–H and O–H groups in total. The lowest BCUT2D eigenvalue weighted by Gasteiger charge is -2.37. The second kappa shape index (κ2) is 27.1. The number of fused-ring (bicyclic) bond motifs is 2. The van der Waals surface area contributed by atoms with Crippen molar-refractivity contribution in [1.29, 1.82) is 0 Å². The Morgan fingerprint density at radius 3 is 0.639 bits per heavy atom. The molecule has 2 heterocycles. The predicted molar refractivity (Wildman–Crippen MR) is 434 cm³/mol. The molecule has 6 amide bonds. The molecule has 11 aromatic carbocycles. The van der Waals surface area contributed by atoms with Gasteiger partial charge in [-0.25, -0.2) is 0 Å². The Balaban J connectivity index is 1.17. The lowest BCUT2D eigenvalue weighted by Crippen LogP contribution is -2.54. The van der Waals surface area contributed by atoms with Gasteiger partial charge in [0.05, 0.1) is 22.3 Å². The van der Waals surface area contributed by atoms with E-state index >= 15 is 28.8 Å². The number of carbonyl (C=O) groups excluding carboxylic acids is 6. The third-order valence-corrected chi connectivity index (χ3v) is 21.1. The van der Waals surface area contributed by atoms with Crippen molar-refractivity contribution >= 4 is 89.9 Å². The summed E-state index contributed by atoms with van der Waals surface area (Å²) < 4.78 is 29.6. The highest BCUT2D eigenvalue weighted by Gasteiger charge is 2.48. The van der Waals surface area contributed by atoms with Crippen LogP contribution in [0.3, 0.4) is 0 Å². The largest absolute Gasteiger partial charge is 0.457 e. The second-order valence-electron chi connectivity index (χ2n) is 36.2. The van der Waals surface area contributed by atoms with Crippen LogP contribution in [-0.4, -0.2) is 57.3 Å². The molecular formula is C94H100N4O10. The van der Waals surface area contributed by atoms with Crippen molar-refractivity contribution in [3.63, 3.8) is 0 Å². The standard InChI is InChI=1S/C94H100N4O10/c1-51(2)81(83(99)95-59-35-23-53(24-36-59)89(5,6)7)97-85(101)65-47-69(105-61-39-27-55(28-40-61)91(11,12)13)75-77-71(107-63-43-31-57(32-44-63)93(17,18)19)49-67-74-68(88(104)98(87(67)103)82(52(3)4)84(100)96-60-37-25-54(26-38-60)90(8,9)10)50-72(108-64-45-33-58(34-46-64)94(20,21)22)78(80(74)77)76-70(48-66(86(97)102)73(65)79(75)76)106-62-41-29-56(30-42-62)92(14,15)16/h23-52,81-82H,1-22H3,(H,95,99)(H,96,100). The van der Waals surface area contributed by atoms with Gasteiger partial charge >= 0.3 is 0 Å². The van der Waals surface area contributed by atoms with Crippen LogP contribution < -0.4 is 29.6 Å². The minimum absolute atomic E-state index is 0.0404. The number of benzene rings is 11. The molecule has 0 fully saturated rings. The molecular weight excluding hydrogens is 1350 g/mol. The van der Waals surface area contributed by atoms with E-state index in [4.69, 9.17) is 18.9 Å². The smallest absolute Gasteiger partial charge is 0.262 e. The average molecular weight is 1450 g/mol. The monoisotopic (exact) mass is 1440 g/mol. The van der Waals surface area contributed by atoms with Crippen LogP contribution in [0.15, 0.2) is 170 Å². The molecule has 2 aliphatic rings. The number of ether oxygens (including phenoxy) is 4. The van der Waals surface area contributed by atoms with Gasteiger partial charge in [0.2, 0.25) is 11.8 Å². The van der Waals surface area contributed by atoms with Crippen molar-refractivity contribution in [3.05, 3.63) is 225 Å². The molecule has 2 unspecified atom stereocenters. The molecule has 14 heteroatoms. The Labute approximate surface area is 634 Å². The van der Waals surface area contributed by atoms with Gasteiger partial charge in [-0.1, -0.05) is 225 Å². The fraction of sp³-hybridized carbons (Fsp3) is 0.340. The van der Waals surface area contributed by atoms with Crippen molar-refractivity contribution in [1.82, 2.24) is 9.80 Å². The number of nitrogens with zero attached hydrogens (tertiary/aromatic N) is 2. The number of hydrogen-bond acceptors (Lipinski definition) is 10. The van der Waals surface area contributed by atoms with E-state index in [0.717, 1.165) is 43.2 Å². The van der Waals surface area contributed by atoms with Gasteiger partial charge < -0.3 is 29.6 Å². The first-order valence-corrected chi connectivity index (χ1v) is 37.6. The molecule has 0 saturated carbocycles. The molecule has 0 aliphatic carbocycles. The van der Waals surface area contributed by atoms with E-state index in [1.54, 1.807) is 52.0 Å². The maximum Gasteiger partial charge on any atom is 0.262 e. The summed E-state index contributed by atoms with van der Waals surface area (Å²) in [6.45, 7) is 45.3. The normalized spacial score (nSPS) is 14.4. The van der Waals surface area contributed by atoms with Crippen LogP contribution >= 0.6 is 0 Å². The lowest BCUT2D eigenvalue weighted by molar-refractivity contribution is -0.121. The summed E-state index contributed by atoms with van der Waals surface area (Å²) in [7, 11) is 0. The molecule has 0 bridgehead atoms. The zero-order chi connectivity index (χ0) is 78.1. The van der Waals surface area contributed by atoms with Gasteiger partial charge in [-0.15, -0.1) is 0 Å². The second-order valence-corrected chi connectivity index (χ2v) is 36.2. The van der Waals surface area contributed by atoms with Crippen molar-refractivity contribution in [2.75, 3.05) is 10.6 Å². The van der Waals surface area contributed by atoms with Gasteiger partial charge in [0.15, 0.2) is 0 Å². The fourth-order valence-corrected chi connectivity index (χ4v) is 14.9. The van der Waals surface area contributed by atoms with Crippen LogP contribution in [0.1, 0.15) is 227 Å². The molecule has 11 aromatic rings. The summed E-state index contributed by atoms with van der Waals surface area (Å²) in [6, 6.07) is 49.8. The molecule has 0 saturated heterocycles. The maximum absolute atomic E-state index is 16.5. The van der Waals surface area contributed by atoms with Gasteiger partial charge in [-0.05, 0) is 175 Å². The van der Waals surface area contributed by atoms with Crippen LogP contribution in [-0.2, 0) is 42.1 Å². The number of amides is 6. The summed E-state index contributed by atoms with van der Waals surface area (Å²) in [5, 5.41) is 8.48. The Morgan fingerprint density at radius 1 is 0.278 bits per heavy atom. The van der Waals surface area contributed by atoms with E-state index in [9.17, 15) is 0 Å². The van der Waals surface area contributed by atoms with E-state index in [1.165, 1.54) is 0 Å². The zero-order valence-corrected chi connectivity index (χ0v) is 66.5. The third-order valence-electron chi connectivity index (χ3n) is 21.1. The van der Waals surface area contributed by atoms with E-state index in [1.807, 2.05) is 146 Å². The highest BCUT2D eigenvalue weighted by atomic mass is 16.5. The summed E-state index contributed by atoms with van der Waals surface area (Å²) in [5.74, 6) is -3.42. The van der Waals surface area contributed by atoms with E-state index in [2.05, 4.69) is 135 Å². The van der Waals surface area contributed by atoms with E-state index in [-0.39, 0.29) is 88.5 Å². The van der Waals surface area contributed by atoms with Crippen LogP contribution in [0, 0.1) is 11.8 Å². The molecule has 556 valence electrons. The van der Waals surface area contributed by atoms with Crippen LogP contribution in [0.4, 0.5) is 11.4 Å². The predicted octanol–water partition coefficient (Wildman–Crippen LogP) is 23.2. The van der Waals surface area contributed by atoms with Gasteiger partial charge in [-0.3, -0.25) is 38.6 Å². The molecule has 2 aliphatic heterocycles. The van der Waals surface area contributed by atoms with Crippen molar-refractivity contribution in [3.8, 4) is 46.0 Å². The molecule has 0 spiro atoms. The summed E-state index contributed by atoms with van der Waals surface area (Å²) in [5.41, 5.74) is 5.99. The lowest BCUT2D eigenvalue weighted by atomic mass is 9.80. The van der Waals surface area contributed by atoms with Gasteiger partial charge in [0.1, 0.15) is 58.1 Å². The first kappa shape index (κ1) is 75.4. The molecule has 14 nitrogen and oxygen atoms in total. The molecule has 0 aromatic heterocycles. The molecule has 2 atom stereocenters. The quantitative estimate of drug-likeness (QED) is 0.0539. The van der Waals surface area contributed by atoms with Crippen molar-refractivity contribution < 1.29 is 47.7 Å². The van der Waals surface area contributed by atoms with Crippen LogP contribution in [0.25, 0.3) is 43.1 Å². The van der Waals surface area contributed by atoms with Crippen LogP contribution in [0.5, 0.6) is 46.0 Å². The van der Waals surface area contributed by atoms with Gasteiger partial charge in [0.25, 0.3) is 23.6 Å². The average Bonchev–Trinajstić information content (AvgIpc) is 0.670. The van der Waals surface area contributed by atoms with E-state index < -0.39 is 59.4 Å². The molecule has 0 radical (unpaired) electrons. The number of carbonyl (C=O) groups is 6. The number of nitrogens with one attached hydrogen (secondary N) is 2. The molecule has 108 heavy (non-hydrogen) atoms. The Morgan fingerprint density at radius 2 is 0.463 bits per heavy atom. The van der Waals surface area contributed by atoms with Crippen molar-refractivity contribution in [2.45, 2.75) is 197 Å². The summed E-state index contributed by atoms with van der Waals surface area (Å²) in [6.07, 6.45) is 0. The zero-order valence-electron chi connectivity index (χ0n) is 66.5. The van der Waals surface area contributed by atoms with Crippen molar-refractivity contribution in [2.24, 2.45) is 11.8 Å². The Bertz CT molecular complexity index is 4830. The maximum atomic E-state index is 16.5. The minimum Gasteiger partial charge on any atom is -0.457 e. The summed E-state index contributed by atoms with van der Waals surface area (Å²) in [4.78, 5) is 98.8. The number of rotatable bonds is 16. The number of anilines is 2. The van der Waals surface area contributed by atoms with Gasteiger partial charge in [-0.2, -0.15) is 0 Å². The number of imide groups is 2. The number of hydrogen-bond donors (Lipinski definition) is 2. The van der Waals surface area contributed by atoms with Crippen LogP contribution in [0.2, 0.25) is 0 Å². The summed E-state index contributed by atoms with van der Waals surface area (Å²) >= 11 is 0. The highest BCUT2D eigenvalue weighted by molar-refractivity contribution is 6.45. The Kier molecular flexibility index (Phi) is 18.9. The minimum atomic E-state index is -1.35. The first-order chi connectivity index (χ1) is 50.5. The highest BCUT2D eigenvalue weighted by Crippen LogP contribution is 2.59. The van der Waals surface area contributed by atoms with E-state index in [0.29, 0.717) is 66.7 Å². The Hall–Kier alpha value is -10.9. The van der Waals surface area contributed by atoms with Gasteiger partial charge in [0, 0.05) is 54.5 Å². The fourth-order valence-electron chi connectivity index (χ4n) is 14.9. The first-order valence-electron chi connectivity index (χ1n) is 37.6. The third kappa shape index (κ3) is 14.0. The SMILES string of the molecule is CC(C)C(C(=O)Nc1ccc(C(C)(C)C)cc1)N1C(=O)c2cc(Oc3ccc(C(C)(C)C)cc3)c3c4c(Oc5ccc(C(C)(C)C)cc5)cc5c6c(cc(Oc7ccc(C(C)(C)C)cc7)c(c7c(Oc8ccc(C(C)(C)C)cc8)cc(c2c37)C1=O)c64)C(=O)N(C(C(=O)Nc1ccc(C(C)(C)C)cc1)C(C)C)C5=O. The molecule has 13 rings (SSSR count).